The van der Waals surface area contributed by atoms with Crippen molar-refractivity contribution in [3.8, 4) is 0 Å². The van der Waals surface area contributed by atoms with Gasteiger partial charge in [-0.3, -0.25) is 9.13 Å². The highest BCUT2D eigenvalue weighted by atomic mass is 16.4. The monoisotopic (exact) mass is 236 g/mol. The molecule has 0 unspecified atom stereocenters. The maximum atomic E-state index is 11.9. The number of hydrogen-bond donors (Lipinski definition) is 0. The molecule has 0 spiro atoms. The summed E-state index contributed by atoms with van der Waals surface area (Å²) in [4.78, 5) is 11.9. The summed E-state index contributed by atoms with van der Waals surface area (Å²) >= 11 is 0. The van der Waals surface area contributed by atoms with Crippen molar-refractivity contribution >= 4 is 0 Å². The van der Waals surface area contributed by atoms with Crippen LogP contribution in [0.2, 0.25) is 0 Å². The lowest BCUT2D eigenvalue weighted by Crippen LogP contribution is -2.24. The second kappa shape index (κ2) is 4.99. The van der Waals surface area contributed by atoms with Crippen molar-refractivity contribution in [1.82, 2.24) is 19.3 Å². The number of nitrogens with zero attached hydrogens (tertiary/aromatic N) is 4. The van der Waals surface area contributed by atoms with Gasteiger partial charge in [0.05, 0.1) is 0 Å². The molecular weight excluding hydrogens is 220 g/mol. The van der Waals surface area contributed by atoms with Crippen LogP contribution in [0.3, 0.4) is 0 Å². The Morgan fingerprint density at radius 1 is 1.18 bits per heavy atom. The second-order valence-corrected chi connectivity index (χ2v) is 3.85. The van der Waals surface area contributed by atoms with Crippen LogP contribution in [0.1, 0.15) is 32.0 Å². The van der Waals surface area contributed by atoms with Crippen LogP contribution in [0, 0.1) is 0 Å². The van der Waals surface area contributed by atoms with Crippen molar-refractivity contribution in [2.75, 3.05) is 0 Å². The van der Waals surface area contributed by atoms with E-state index in [1.54, 1.807) is 21.5 Å². The fourth-order valence-electron chi connectivity index (χ4n) is 1.63. The first-order valence-electron chi connectivity index (χ1n) is 5.81. The van der Waals surface area contributed by atoms with E-state index in [-0.39, 0.29) is 5.69 Å². The Morgan fingerprint density at radius 2 is 1.88 bits per heavy atom. The zero-order valence-corrected chi connectivity index (χ0v) is 10.1. The SMILES string of the molecule is CCCn1ccn(Cc2nnc(CC)o2)c1=O. The van der Waals surface area contributed by atoms with Gasteiger partial charge in [0.2, 0.25) is 11.8 Å². The molecule has 0 aliphatic rings. The summed E-state index contributed by atoms with van der Waals surface area (Å²) in [6.07, 6.45) is 5.17. The van der Waals surface area contributed by atoms with Gasteiger partial charge in [-0.25, -0.2) is 4.79 Å². The van der Waals surface area contributed by atoms with Gasteiger partial charge in [-0.1, -0.05) is 13.8 Å². The Kier molecular flexibility index (Phi) is 3.41. The van der Waals surface area contributed by atoms with Gasteiger partial charge in [-0.15, -0.1) is 10.2 Å². The normalized spacial score (nSPS) is 10.9. The van der Waals surface area contributed by atoms with Crippen LogP contribution in [0.25, 0.3) is 0 Å². The van der Waals surface area contributed by atoms with Crippen molar-refractivity contribution in [3.05, 3.63) is 34.7 Å². The summed E-state index contributed by atoms with van der Waals surface area (Å²) < 4.78 is 8.62. The van der Waals surface area contributed by atoms with Crippen LogP contribution in [-0.4, -0.2) is 19.3 Å². The lowest BCUT2D eigenvalue weighted by Gasteiger charge is -1.97. The summed E-state index contributed by atoms with van der Waals surface area (Å²) in [7, 11) is 0. The molecule has 92 valence electrons. The summed E-state index contributed by atoms with van der Waals surface area (Å²) in [6.45, 7) is 5.05. The van der Waals surface area contributed by atoms with E-state index in [0.717, 1.165) is 13.0 Å². The fraction of sp³-hybridized carbons (Fsp3) is 0.545. The van der Waals surface area contributed by atoms with E-state index in [1.165, 1.54) is 0 Å². The number of rotatable bonds is 5. The first-order valence-corrected chi connectivity index (χ1v) is 5.81. The highest BCUT2D eigenvalue weighted by molar-refractivity contribution is 4.88. The standard InChI is InChI=1S/C11H16N4O2/c1-3-5-14-6-7-15(11(14)16)8-10-13-12-9(4-2)17-10/h6-7H,3-5,8H2,1-2H3. The van der Waals surface area contributed by atoms with Gasteiger partial charge in [-0.2, -0.15) is 0 Å². The van der Waals surface area contributed by atoms with Crippen molar-refractivity contribution in [2.45, 2.75) is 39.8 Å². The smallest absolute Gasteiger partial charge is 0.328 e. The molecule has 2 aromatic heterocycles. The molecule has 6 heteroatoms. The first-order chi connectivity index (χ1) is 8.24. The summed E-state index contributed by atoms with van der Waals surface area (Å²) in [5, 5.41) is 7.76. The molecule has 0 aliphatic heterocycles. The molecule has 6 nitrogen and oxygen atoms in total. The zero-order valence-electron chi connectivity index (χ0n) is 10.1. The quantitative estimate of drug-likeness (QED) is 0.778. The molecule has 0 saturated carbocycles. The molecule has 0 bridgehead atoms. The van der Waals surface area contributed by atoms with E-state index in [0.29, 0.717) is 24.7 Å². The molecule has 2 aromatic rings. The van der Waals surface area contributed by atoms with Crippen molar-refractivity contribution in [3.63, 3.8) is 0 Å². The van der Waals surface area contributed by atoms with Crippen LogP contribution in [0.5, 0.6) is 0 Å². The van der Waals surface area contributed by atoms with Crippen molar-refractivity contribution in [2.24, 2.45) is 0 Å². The molecule has 0 aromatic carbocycles. The number of imidazole rings is 1. The fourth-order valence-corrected chi connectivity index (χ4v) is 1.63. The van der Waals surface area contributed by atoms with Gasteiger partial charge in [-0.05, 0) is 6.42 Å². The summed E-state index contributed by atoms with van der Waals surface area (Å²) in [5.74, 6) is 1.07. The van der Waals surface area contributed by atoms with Crippen LogP contribution in [-0.2, 0) is 19.5 Å². The van der Waals surface area contributed by atoms with Crippen molar-refractivity contribution < 1.29 is 4.42 Å². The maximum absolute atomic E-state index is 11.9. The lowest BCUT2D eigenvalue weighted by molar-refractivity contribution is 0.438. The molecule has 0 amide bonds. The average Bonchev–Trinajstić information content (AvgIpc) is 2.91. The third kappa shape index (κ3) is 2.46. The Hall–Kier alpha value is -1.85. The topological polar surface area (TPSA) is 65.8 Å². The van der Waals surface area contributed by atoms with Crippen LogP contribution < -0.4 is 5.69 Å². The first kappa shape index (κ1) is 11.6. The van der Waals surface area contributed by atoms with E-state index >= 15 is 0 Å². The lowest BCUT2D eigenvalue weighted by atomic mass is 10.5. The Bertz CT molecular complexity index is 538. The molecule has 0 N–H and O–H groups in total. The van der Waals surface area contributed by atoms with Crippen LogP contribution >= 0.6 is 0 Å². The largest absolute Gasteiger partial charge is 0.423 e. The van der Waals surface area contributed by atoms with Gasteiger partial charge in [0.25, 0.3) is 0 Å². The third-order valence-electron chi connectivity index (χ3n) is 2.50. The van der Waals surface area contributed by atoms with E-state index in [4.69, 9.17) is 4.42 Å². The minimum absolute atomic E-state index is 0.0388. The maximum Gasteiger partial charge on any atom is 0.328 e. The number of aryl methyl sites for hydroxylation is 2. The Labute approximate surface area is 98.9 Å². The Morgan fingerprint density at radius 3 is 2.53 bits per heavy atom. The van der Waals surface area contributed by atoms with E-state index in [1.807, 2.05) is 13.8 Å². The average molecular weight is 236 g/mol. The Balaban J connectivity index is 2.16. The van der Waals surface area contributed by atoms with Gasteiger partial charge < -0.3 is 4.42 Å². The minimum Gasteiger partial charge on any atom is -0.423 e. The molecular formula is C11H16N4O2. The van der Waals surface area contributed by atoms with Gasteiger partial charge in [0.1, 0.15) is 6.54 Å². The van der Waals surface area contributed by atoms with E-state index < -0.39 is 0 Å². The predicted molar refractivity (Wildman–Crippen MR) is 61.8 cm³/mol. The predicted octanol–water partition coefficient (Wildman–Crippen LogP) is 1.05. The second-order valence-electron chi connectivity index (χ2n) is 3.85. The van der Waals surface area contributed by atoms with Gasteiger partial charge in [0, 0.05) is 25.4 Å². The van der Waals surface area contributed by atoms with Crippen LogP contribution in [0.4, 0.5) is 0 Å². The number of aromatic nitrogens is 4. The van der Waals surface area contributed by atoms with Crippen molar-refractivity contribution in [1.29, 1.82) is 0 Å². The molecule has 17 heavy (non-hydrogen) atoms. The van der Waals surface area contributed by atoms with Crippen LogP contribution in [0.15, 0.2) is 21.6 Å². The highest BCUT2D eigenvalue weighted by Gasteiger charge is 2.08. The number of hydrogen-bond acceptors (Lipinski definition) is 4. The van der Waals surface area contributed by atoms with Gasteiger partial charge in [0.15, 0.2) is 0 Å². The van der Waals surface area contributed by atoms with Gasteiger partial charge >= 0.3 is 5.69 Å². The third-order valence-corrected chi connectivity index (χ3v) is 2.50. The van der Waals surface area contributed by atoms with E-state index in [2.05, 4.69) is 10.2 Å². The molecule has 0 radical (unpaired) electrons. The molecule has 0 aliphatic carbocycles. The minimum atomic E-state index is -0.0388. The zero-order chi connectivity index (χ0) is 12.3. The molecule has 2 heterocycles. The highest BCUT2D eigenvalue weighted by Crippen LogP contribution is 2.01. The summed E-state index contributed by atoms with van der Waals surface area (Å²) in [6, 6.07) is 0. The molecule has 0 saturated heterocycles. The summed E-state index contributed by atoms with van der Waals surface area (Å²) in [5.41, 5.74) is -0.0388. The molecule has 0 atom stereocenters. The molecule has 2 rings (SSSR count). The molecule has 0 fully saturated rings. The van der Waals surface area contributed by atoms with E-state index in [9.17, 15) is 4.79 Å².